The lowest BCUT2D eigenvalue weighted by Crippen LogP contribution is -2.04. The lowest BCUT2D eigenvalue weighted by Gasteiger charge is -2.14. The lowest BCUT2D eigenvalue weighted by molar-refractivity contribution is 0.400. The second kappa shape index (κ2) is 5.00. The van der Waals surface area contributed by atoms with Crippen molar-refractivity contribution >= 4 is 21.7 Å². The Hall–Kier alpha value is -1.16. The van der Waals surface area contributed by atoms with Crippen LogP contribution < -0.4 is 4.74 Å². The Labute approximate surface area is 106 Å². The second-order valence-corrected chi connectivity index (χ2v) is 5.41. The van der Waals surface area contributed by atoms with Gasteiger partial charge in [-0.3, -0.25) is 0 Å². The van der Waals surface area contributed by atoms with Gasteiger partial charge in [0, 0.05) is 12.0 Å². The van der Waals surface area contributed by atoms with Gasteiger partial charge in [0.15, 0.2) is 0 Å². The molecule has 0 aliphatic heterocycles. The molecule has 2 unspecified atom stereocenters. The van der Waals surface area contributed by atoms with E-state index in [1.807, 2.05) is 12.1 Å². The van der Waals surface area contributed by atoms with Crippen molar-refractivity contribution in [2.24, 2.45) is 5.92 Å². The van der Waals surface area contributed by atoms with Gasteiger partial charge >= 0.3 is 0 Å². The molecule has 0 fully saturated rings. The van der Waals surface area contributed by atoms with Crippen molar-refractivity contribution in [2.75, 3.05) is 7.11 Å². The zero-order valence-electron chi connectivity index (χ0n) is 10.7. The van der Waals surface area contributed by atoms with Crippen LogP contribution in [0.25, 0.3) is 10.3 Å². The van der Waals surface area contributed by atoms with Gasteiger partial charge in [-0.2, -0.15) is 0 Å². The molecule has 0 radical (unpaired) electrons. The Morgan fingerprint density at radius 3 is 2.71 bits per heavy atom. The van der Waals surface area contributed by atoms with E-state index in [0.29, 0.717) is 17.7 Å². The molecule has 4 heteroatoms. The fourth-order valence-electron chi connectivity index (χ4n) is 1.72. The maximum absolute atomic E-state index is 5.13. The molecule has 2 aromatic heterocycles. The number of hydrogen-bond acceptors (Lipinski definition) is 4. The summed E-state index contributed by atoms with van der Waals surface area (Å²) in [5.41, 5.74) is 0.973. The van der Waals surface area contributed by atoms with E-state index in [2.05, 4.69) is 30.7 Å². The fraction of sp³-hybridized carbons (Fsp3) is 0.538. The lowest BCUT2D eigenvalue weighted by atomic mass is 9.94. The third-order valence-corrected chi connectivity index (χ3v) is 4.51. The van der Waals surface area contributed by atoms with Crippen molar-refractivity contribution in [1.82, 2.24) is 9.97 Å². The van der Waals surface area contributed by atoms with Gasteiger partial charge in [-0.05, 0) is 12.0 Å². The third kappa shape index (κ3) is 2.41. The van der Waals surface area contributed by atoms with Gasteiger partial charge in [0.05, 0.1) is 12.1 Å². The molecule has 2 rings (SSSR count). The first-order valence-electron chi connectivity index (χ1n) is 5.97. The van der Waals surface area contributed by atoms with E-state index in [1.165, 1.54) is 11.4 Å². The van der Waals surface area contributed by atoms with Gasteiger partial charge in [0.2, 0.25) is 5.88 Å². The summed E-state index contributed by atoms with van der Waals surface area (Å²) in [4.78, 5) is 10.0. The summed E-state index contributed by atoms with van der Waals surface area (Å²) in [6.07, 6.45) is 1.17. The highest BCUT2D eigenvalue weighted by Crippen LogP contribution is 2.32. The first-order valence-corrected chi connectivity index (χ1v) is 6.78. The van der Waals surface area contributed by atoms with E-state index >= 15 is 0 Å². The summed E-state index contributed by atoms with van der Waals surface area (Å²) in [6, 6.07) is 3.84. The van der Waals surface area contributed by atoms with E-state index in [-0.39, 0.29) is 0 Å². The number of methoxy groups -OCH3 is 1. The van der Waals surface area contributed by atoms with Crippen LogP contribution in [0.5, 0.6) is 5.88 Å². The quantitative estimate of drug-likeness (QED) is 0.826. The molecule has 0 amide bonds. The smallest absolute Gasteiger partial charge is 0.214 e. The van der Waals surface area contributed by atoms with Crippen molar-refractivity contribution in [3.8, 4) is 5.88 Å². The van der Waals surface area contributed by atoms with Gasteiger partial charge < -0.3 is 4.74 Å². The maximum Gasteiger partial charge on any atom is 0.214 e. The molecule has 0 aliphatic rings. The fourth-order valence-corrected chi connectivity index (χ4v) is 2.84. The molecule has 0 saturated heterocycles. The number of aromatic nitrogens is 2. The average Bonchev–Trinajstić information content (AvgIpc) is 2.79. The molecule has 0 N–H and O–H groups in total. The predicted molar refractivity (Wildman–Crippen MR) is 71.8 cm³/mol. The molecule has 2 heterocycles. The van der Waals surface area contributed by atoms with Crippen molar-refractivity contribution in [2.45, 2.75) is 33.1 Å². The molecule has 0 aromatic carbocycles. The Balaban J connectivity index is 2.37. The first kappa shape index (κ1) is 12.3. The Kier molecular flexibility index (Phi) is 3.62. The second-order valence-electron chi connectivity index (χ2n) is 4.40. The highest BCUT2D eigenvalue weighted by molar-refractivity contribution is 7.18. The highest BCUT2D eigenvalue weighted by Gasteiger charge is 2.17. The predicted octanol–water partition coefficient (Wildman–Crippen LogP) is 3.85. The van der Waals surface area contributed by atoms with Gasteiger partial charge in [0.1, 0.15) is 10.3 Å². The standard InChI is InChI=1S/C13H18N2OS/c1-5-8(2)9(3)12-14-10-6-7-11(16-4)15-13(10)17-12/h6-9H,5H2,1-4H3. The van der Waals surface area contributed by atoms with Crippen molar-refractivity contribution in [3.63, 3.8) is 0 Å². The third-order valence-electron chi connectivity index (χ3n) is 3.34. The number of pyridine rings is 1. The molecule has 0 bridgehead atoms. The zero-order valence-corrected chi connectivity index (χ0v) is 11.5. The molecule has 0 spiro atoms. The highest BCUT2D eigenvalue weighted by atomic mass is 32.1. The van der Waals surface area contributed by atoms with Crippen LogP contribution in [0, 0.1) is 5.92 Å². The Morgan fingerprint density at radius 1 is 1.29 bits per heavy atom. The molecule has 3 nitrogen and oxygen atoms in total. The van der Waals surface area contributed by atoms with E-state index < -0.39 is 0 Å². The molecular weight excluding hydrogens is 232 g/mol. The number of hydrogen-bond donors (Lipinski definition) is 0. The zero-order chi connectivity index (χ0) is 12.4. The molecule has 2 aromatic rings. The largest absolute Gasteiger partial charge is 0.481 e. The maximum atomic E-state index is 5.13. The van der Waals surface area contributed by atoms with E-state index in [9.17, 15) is 0 Å². The Morgan fingerprint density at radius 2 is 2.06 bits per heavy atom. The number of thiazole rings is 1. The summed E-state index contributed by atoms with van der Waals surface area (Å²) >= 11 is 1.68. The molecule has 17 heavy (non-hydrogen) atoms. The van der Waals surface area contributed by atoms with E-state index in [1.54, 1.807) is 18.4 Å². The normalized spacial score (nSPS) is 14.8. The summed E-state index contributed by atoms with van der Waals surface area (Å²) in [6.45, 7) is 6.73. The topological polar surface area (TPSA) is 35.0 Å². The monoisotopic (exact) mass is 250 g/mol. The summed E-state index contributed by atoms with van der Waals surface area (Å²) < 4.78 is 5.13. The van der Waals surface area contributed by atoms with E-state index in [0.717, 1.165) is 10.3 Å². The molecule has 2 atom stereocenters. The van der Waals surface area contributed by atoms with Gasteiger partial charge in [0.25, 0.3) is 0 Å². The minimum Gasteiger partial charge on any atom is -0.481 e. The summed E-state index contributed by atoms with van der Waals surface area (Å²) in [7, 11) is 1.64. The SMILES string of the molecule is CCC(C)C(C)c1nc2ccc(OC)nc2s1. The van der Waals surface area contributed by atoms with Crippen LogP contribution in [-0.4, -0.2) is 17.1 Å². The number of nitrogens with zero attached hydrogens (tertiary/aromatic N) is 2. The average molecular weight is 250 g/mol. The van der Waals surface area contributed by atoms with Crippen LogP contribution in [-0.2, 0) is 0 Å². The van der Waals surface area contributed by atoms with Crippen molar-refractivity contribution < 1.29 is 4.74 Å². The first-order chi connectivity index (χ1) is 8.15. The summed E-state index contributed by atoms with van der Waals surface area (Å²) in [5, 5.41) is 1.18. The minimum absolute atomic E-state index is 0.491. The minimum atomic E-state index is 0.491. The molecule has 0 saturated carbocycles. The van der Waals surface area contributed by atoms with Gasteiger partial charge in [-0.25, -0.2) is 9.97 Å². The molecule has 0 aliphatic carbocycles. The van der Waals surface area contributed by atoms with Crippen LogP contribution in [0.4, 0.5) is 0 Å². The van der Waals surface area contributed by atoms with E-state index in [4.69, 9.17) is 4.74 Å². The van der Waals surface area contributed by atoms with Crippen LogP contribution in [0.3, 0.4) is 0 Å². The van der Waals surface area contributed by atoms with Gasteiger partial charge in [-0.15, -0.1) is 0 Å². The van der Waals surface area contributed by atoms with Crippen LogP contribution in [0.1, 0.15) is 38.1 Å². The van der Waals surface area contributed by atoms with Crippen LogP contribution >= 0.6 is 11.3 Å². The number of ether oxygens (including phenoxy) is 1. The number of rotatable bonds is 4. The number of fused-ring (bicyclic) bond motifs is 1. The van der Waals surface area contributed by atoms with Crippen LogP contribution in [0.2, 0.25) is 0 Å². The summed E-state index contributed by atoms with van der Waals surface area (Å²) in [5.74, 6) is 1.80. The van der Waals surface area contributed by atoms with Crippen molar-refractivity contribution in [3.05, 3.63) is 17.1 Å². The Bertz CT molecular complexity index is 509. The van der Waals surface area contributed by atoms with Gasteiger partial charge in [-0.1, -0.05) is 38.5 Å². The van der Waals surface area contributed by atoms with Crippen LogP contribution in [0.15, 0.2) is 12.1 Å². The van der Waals surface area contributed by atoms with Crippen molar-refractivity contribution in [1.29, 1.82) is 0 Å². The molecule has 92 valence electrons. The molecular formula is C13H18N2OS.